The van der Waals surface area contributed by atoms with Gasteiger partial charge in [0.1, 0.15) is 11.5 Å². The quantitative estimate of drug-likeness (QED) is 0.816. The topological polar surface area (TPSA) is 62.8 Å². The summed E-state index contributed by atoms with van der Waals surface area (Å²) in [4.78, 5) is 15.0. The Labute approximate surface area is 156 Å². The number of carbonyl (C=O) groups excluding carboxylic acids is 1. The van der Waals surface area contributed by atoms with E-state index in [1.54, 1.807) is 14.2 Å². The number of carbonyl (C=O) groups is 1. The summed E-state index contributed by atoms with van der Waals surface area (Å²) in [5.41, 5.74) is 0.675. The van der Waals surface area contributed by atoms with Gasteiger partial charge in [0.25, 0.3) is 0 Å². The van der Waals surface area contributed by atoms with E-state index in [9.17, 15) is 4.79 Å². The molecule has 1 unspecified atom stereocenters. The first-order valence-electron chi connectivity index (χ1n) is 9.64. The highest BCUT2D eigenvalue weighted by molar-refractivity contribution is 5.86. The number of hydrogen-bond donors (Lipinski definition) is 2. The summed E-state index contributed by atoms with van der Waals surface area (Å²) in [6, 6.07) is 6.18. The molecule has 1 atom stereocenters. The normalized spacial score (nSPS) is 23.7. The Morgan fingerprint density at radius 3 is 2.38 bits per heavy atom. The van der Waals surface area contributed by atoms with Crippen molar-refractivity contribution in [2.75, 3.05) is 39.2 Å². The van der Waals surface area contributed by atoms with E-state index >= 15 is 0 Å². The van der Waals surface area contributed by atoms with Gasteiger partial charge in [-0.15, -0.1) is 0 Å². The molecule has 2 saturated heterocycles. The minimum Gasteiger partial charge on any atom is -0.497 e. The number of hydrogen-bond acceptors (Lipinski definition) is 5. The summed E-state index contributed by atoms with van der Waals surface area (Å²) in [7, 11) is 3.31. The Balaban J connectivity index is 1.58. The molecular formula is C20H31N3O3. The number of rotatable bonds is 6. The van der Waals surface area contributed by atoms with Crippen molar-refractivity contribution in [1.82, 2.24) is 10.2 Å². The Morgan fingerprint density at radius 1 is 1.23 bits per heavy atom. The molecule has 2 aliphatic rings. The summed E-state index contributed by atoms with van der Waals surface area (Å²) in [5, 5.41) is 7.03. The summed E-state index contributed by atoms with van der Waals surface area (Å²) in [6.45, 7) is 4.68. The summed E-state index contributed by atoms with van der Waals surface area (Å²) in [6.07, 6.45) is 4.82. The third-order valence-electron chi connectivity index (χ3n) is 5.76. The SMILES string of the molecule is CCC1(C(=O)N2CCC(Nc3cc(OC)cc(OC)c3)CC2)CCCN1. The molecule has 26 heavy (non-hydrogen) atoms. The lowest BCUT2D eigenvalue weighted by Gasteiger charge is -2.38. The predicted molar refractivity (Wildman–Crippen MR) is 103 cm³/mol. The summed E-state index contributed by atoms with van der Waals surface area (Å²) in [5.74, 6) is 1.84. The number of nitrogens with zero attached hydrogens (tertiary/aromatic N) is 1. The maximum absolute atomic E-state index is 13.0. The molecule has 6 nitrogen and oxygen atoms in total. The number of piperidine rings is 1. The molecule has 144 valence electrons. The molecule has 2 N–H and O–H groups in total. The minimum atomic E-state index is -0.319. The van der Waals surface area contributed by atoms with Gasteiger partial charge >= 0.3 is 0 Å². The van der Waals surface area contributed by atoms with Gasteiger partial charge in [0.2, 0.25) is 5.91 Å². The van der Waals surface area contributed by atoms with Gasteiger partial charge in [-0.1, -0.05) is 6.92 Å². The third kappa shape index (κ3) is 3.90. The van der Waals surface area contributed by atoms with Crippen molar-refractivity contribution in [3.05, 3.63) is 18.2 Å². The van der Waals surface area contributed by atoms with Crippen LogP contribution in [0.3, 0.4) is 0 Å². The lowest BCUT2D eigenvalue weighted by molar-refractivity contribution is -0.139. The van der Waals surface area contributed by atoms with E-state index in [0.29, 0.717) is 11.9 Å². The van der Waals surface area contributed by atoms with Crippen LogP contribution in [0.2, 0.25) is 0 Å². The smallest absolute Gasteiger partial charge is 0.242 e. The molecule has 2 fully saturated rings. The second-order valence-electron chi connectivity index (χ2n) is 7.28. The molecule has 2 heterocycles. The van der Waals surface area contributed by atoms with Crippen molar-refractivity contribution in [1.29, 1.82) is 0 Å². The number of amides is 1. The van der Waals surface area contributed by atoms with Gasteiger partial charge in [0.15, 0.2) is 0 Å². The molecular weight excluding hydrogens is 330 g/mol. The van der Waals surface area contributed by atoms with Crippen molar-refractivity contribution in [3.8, 4) is 11.5 Å². The van der Waals surface area contributed by atoms with Crippen LogP contribution in [0.4, 0.5) is 5.69 Å². The molecule has 1 amide bonds. The van der Waals surface area contributed by atoms with E-state index in [4.69, 9.17) is 9.47 Å². The second kappa shape index (κ2) is 8.16. The molecule has 0 spiro atoms. The van der Waals surface area contributed by atoms with Crippen LogP contribution < -0.4 is 20.1 Å². The Kier molecular flexibility index (Phi) is 5.91. The fourth-order valence-corrected chi connectivity index (χ4v) is 4.10. The molecule has 1 aromatic rings. The Bertz CT molecular complexity index is 598. The second-order valence-corrected chi connectivity index (χ2v) is 7.28. The minimum absolute atomic E-state index is 0.291. The largest absolute Gasteiger partial charge is 0.497 e. The van der Waals surface area contributed by atoms with Crippen molar-refractivity contribution < 1.29 is 14.3 Å². The Hall–Kier alpha value is -1.95. The van der Waals surface area contributed by atoms with Crippen molar-refractivity contribution in [3.63, 3.8) is 0 Å². The van der Waals surface area contributed by atoms with Crippen LogP contribution in [0.1, 0.15) is 39.0 Å². The number of anilines is 1. The molecule has 0 radical (unpaired) electrons. The third-order valence-corrected chi connectivity index (χ3v) is 5.76. The highest BCUT2D eigenvalue weighted by Gasteiger charge is 2.42. The van der Waals surface area contributed by atoms with Gasteiger partial charge in [-0.05, 0) is 38.6 Å². The molecule has 0 saturated carbocycles. The van der Waals surface area contributed by atoms with Crippen LogP contribution in [0.25, 0.3) is 0 Å². The average molecular weight is 361 g/mol. The lowest BCUT2D eigenvalue weighted by atomic mass is 9.91. The van der Waals surface area contributed by atoms with Gasteiger partial charge in [-0.25, -0.2) is 0 Å². The van der Waals surface area contributed by atoms with Gasteiger partial charge in [-0.3, -0.25) is 4.79 Å². The first-order chi connectivity index (χ1) is 12.6. The van der Waals surface area contributed by atoms with E-state index in [2.05, 4.69) is 17.6 Å². The zero-order chi connectivity index (χ0) is 18.6. The first kappa shape index (κ1) is 18.8. The Morgan fingerprint density at radius 2 is 1.88 bits per heavy atom. The highest BCUT2D eigenvalue weighted by Crippen LogP contribution is 2.29. The fraction of sp³-hybridized carbons (Fsp3) is 0.650. The number of ether oxygens (including phenoxy) is 2. The molecule has 1 aromatic carbocycles. The monoisotopic (exact) mass is 361 g/mol. The lowest BCUT2D eigenvalue weighted by Crippen LogP contribution is -2.56. The molecule has 0 aliphatic carbocycles. The van der Waals surface area contributed by atoms with Crippen LogP contribution in [0.15, 0.2) is 18.2 Å². The zero-order valence-electron chi connectivity index (χ0n) is 16.1. The molecule has 6 heteroatoms. The summed E-state index contributed by atoms with van der Waals surface area (Å²) < 4.78 is 10.7. The zero-order valence-corrected chi connectivity index (χ0v) is 16.1. The van der Waals surface area contributed by atoms with Gasteiger partial charge in [0.05, 0.1) is 19.8 Å². The van der Waals surface area contributed by atoms with E-state index in [1.165, 1.54) is 0 Å². The van der Waals surface area contributed by atoms with Crippen LogP contribution >= 0.6 is 0 Å². The number of benzene rings is 1. The fourth-order valence-electron chi connectivity index (χ4n) is 4.10. The van der Waals surface area contributed by atoms with E-state index in [1.807, 2.05) is 23.1 Å². The standard InChI is InChI=1S/C20H31N3O3/c1-4-20(8-5-9-21-20)19(24)23-10-6-15(7-11-23)22-16-12-17(25-2)14-18(13-16)26-3/h12-15,21-22H,4-11H2,1-3H3. The van der Waals surface area contributed by atoms with Gasteiger partial charge < -0.3 is 25.0 Å². The van der Waals surface area contributed by atoms with Crippen LogP contribution in [0, 0.1) is 0 Å². The predicted octanol–water partition coefficient (Wildman–Crippen LogP) is 2.64. The van der Waals surface area contributed by atoms with Crippen LogP contribution in [-0.2, 0) is 4.79 Å². The maximum atomic E-state index is 13.0. The molecule has 2 aliphatic heterocycles. The average Bonchev–Trinajstić information content (AvgIpc) is 3.18. The van der Waals surface area contributed by atoms with Crippen LogP contribution in [-0.4, -0.2) is 56.2 Å². The van der Waals surface area contributed by atoms with Crippen LogP contribution in [0.5, 0.6) is 11.5 Å². The first-order valence-corrected chi connectivity index (χ1v) is 9.64. The van der Waals surface area contributed by atoms with E-state index < -0.39 is 0 Å². The van der Waals surface area contributed by atoms with E-state index in [-0.39, 0.29) is 5.54 Å². The molecule has 0 bridgehead atoms. The molecule has 3 rings (SSSR count). The van der Waals surface area contributed by atoms with Gasteiger partial charge in [0, 0.05) is 43.0 Å². The van der Waals surface area contributed by atoms with Gasteiger partial charge in [-0.2, -0.15) is 0 Å². The summed E-state index contributed by atoms with van der Waals surface area (Å²) >= 11 is 0. The van der Waals surface area contributed by atoms with Crippen molar-refractivity contribution in [2.24, 2.45) is 0 Å². The number of likely N-dealkylation sites (tertiary alicyclic amines) is 1. The highest BCUT2D eigenvalue weighted by atomic mass is 16.5. The maximum Gasteiger partial charge on any atom is 0.242 e. The van der Waals surface area contributed by atoms with Crippen molar-refractivity contribution in [2.45, 2.75) is 50.6 Å². The van der Waals surface area contributed by atoms with Crippen molar-refractivity contribution >= 4 is 11.6 Å². The number of nitrogens with one attached hydrogen (secondary N) is 2. The molecule has 0 aromatic heterocycles. The number of methoxy groups -OCH3 is 2. The van der Waals surface area contributed by atoms with E-state index in [0.717, 1.165) is 68.9 Å².